The molecule has 0 saturated carbocycles. The lowest BCUT2D eigenvalue weighted by Gasteiger charge is -2.40. The Kier molecular flexibility index (Phi) is 5.03. The molecule has 0 unspecified atom stereocenters. The zero-order chi connectivity index (χ0) is 12.8. The predicted octanol–water partition coefficient (Wildman–Crippen LogP) is 1.78. The smallest absolute Gasteiger partial charge is 0.0303 e. The van der Waals surface area contributed by atoms with Crippen LogP contribution in [0.5, 0.6) is 0 Å². The van der Waals surface area contributed by atoms with E-state index >= 15 is 0 Å². The topological polar surface area (TPSA) is 42.1 Å². The summed E-state index contributed by atoms with van der Waals surface area (Å²) in [5, 5.41) is 0. The molecule has 2 rings (SSSR count). The van der Waals surface area contributed by atoms with Gasteiger partial charge in [0.15, 0.2) is 0 Å². The van der Waals surface area contributed by atoms with Crippen molar-refractivity contribution in [1.82, 2.24) is 9.88 Å². The summed E-state index contributed by atoms with van der Waals surface area (Å²) in [6.07, 6.45) is 9.51. The third-order valence-corrected chi connectivity index (χ3v) is 5.48. The van der Waals surface area contributed by atoms with E-state index in [9.17, 15) is 0 Å². The van der Waals surface area contributed by atoms with Crippen molar-refractivity contribution in [3.63, 3.8) is 0 Å². The molecule has 0 bridgehead atoms. The van der Waals surface area contributed by atoms with E-state index in [-0.39, 0.29) is 0 Å². The minimum Gasteiger partial charge on any atom is -0.329 e. The van der Waals surface area contributed by atoms with Crippen LogP contribution in [0.3, 0.4) is 0 Å². The van der Waals surface area contributed by atoms with Crippen molar-refractivity contribution >= 4 is 11.8 Å². The Balaban J connectivity index is 1.77. The summed E-state index contributed by atoms with van der Waals surface area (Å²) in [7, 11) is 0. The first-order valence-electron chi connectivity index (χ1n) is 6.64. The molecule has 1 aromatic rings. The van der Waals surface area contributed by atoms with Crippen molar-refractivity contribution in [3.8, 4) is 0 Å². The molecule has 0 amide bonds. The largest absolute Gasteiger partial charge is 0.329 e. The van der Waals surface area contributed by atoms with Gasteiger partial charge in [-0.05, 0) is 56.3 Å². The molecule has 100 valence electrons. The van der Waals surface area contributed by atoms with Crippen LogP contribution in [0.25, 0.3) is 0 Å². The van der Waals surface area contributed by atoms with E-state index in [0.29, 0.717) is 4.75 Å². The number of hydrogen-bond donors (Lipinski definition) is 1. The normalized spacial score (nSPS) is 19.9. The minimum atomic E-state index is 0.340. The van der Waals surface area contributed by atoms with E-state index < -0.39 is 0 Å². The lowest BCUT2D eigenvalue weighted by molar-refractivity contribution is 0.204. The van der Waals surface area contributed by atoms with Crippen LogP contribution in [0.1, 0.15) is 18.4 Å². The fourth-order valence-corrected chi connectivity index (χ4v) is 3.27. The summed E-state index contributed by atoms with van der Waals surface area (Å²) >= 11 is 1.95. The second kappa shape index (κ2) is 6.55. The van der Waals surface area contributed by atoms with E-state index in [1.54, 1.807) is 0 Å². The molecule has 1 aliphatic rings. The quantitative estimate of drug-likeness (QED) is 0.881. The van der Waals surface area contributed by atoms with Crippen molar-refractivity contribution in [2.24, 2.45) is 5.73 Å². The Morgan fingerprint density at radius 1 is 1.33 bits per heavy atom. The number of pyridine rings is 1. The van der Waals surface area contributed by atoms with E-state index in [4.69, 9.17) is 5.73 Å². The van der Waals surface area contributed by atoms with Gasteiger partial charge in [0.05, 0.1) is 0 Å². The second-order valence-electron chi connectivity index (χ2n) is 5.04. The van der Waals surface area contributed by atoms with Gasteiger partial charge in [0.25, 0.3) is 0 Å². The van der Waals surface area contributed by atoms with E-state index in [1.165, 1.54) is 31.5 Å². The highest BCUT2D eigenvalue weighted by molar-refractivity contribution is 8.00. The Labute approximate surface area is 114 Å². The molecule has 1 fully saturated rings. The van der Waals surface area contributed by atoms with Gasteiger partial charge in [-0.1, -0.05) is 0 Å². The number of hydrogen-bond acceptors (Lipinski definition) is 4. The molecule has 1 saturated heterocycles. The number of nitrogens with two attached hydrogens (primary N) is 1. The Morgan fingerprint density at radius 3 is 2.56 bits per heavy atom. The maximum Gasteiger partial charge on any atom is 0.0303 e. The molecule has 0 aliphatic carbocycles. The van der Waals surface area contributed by atoms with Gasteiger partial charge < -0.3 is 10.6 Å². The highest BCUT2D eigenvalue weighted by Crippen LogP contribution is 2.33. The van der Waals surface area contributed by atoms with Crippen molar-refractivity contribution in [2.45, 2.75) is 24.0 Å². The van der Waals surface area contributed by atoms with Gasteiger partial charge in [0.2, 0.25) is 0 Å². The summed E-state index contributed by atoms with van der Waals surface area (Å²) in [5.41, 5.74) is 7.29. The number of piperidine rings is 1. The average molecular weight is 265 g/mol. The van der Waals surface area contributed by atoms with Gasteiger partial charge in [0.1, 0.15) is 0 Å². The molecular weight excluding hydrogens is 242 g/mol. The molecule has 2 heterocycles. The van der Waals surface area contributed by atoms with Crippen molar-refractivity contribution in [2.75, 3.05) is 32.4 Å². The average Bonchev–Trinajstić information content (AvgIpc) is 2.47. The lowest BCUT2D eigenvalue weighted by atomic mass is 9.95. The second-order valence-corrected chi connectivity index (χ2v) is 6.31. The third kappa shape index (κ3) is 3.46. The number of likely N-dealkylation sites (tertiary alicyclic amines) is 1. The number of nitrogens with zero attached hydrogens (tertiary/aromatic N) is 2. The number of rotatable bonds is 5. The zero-order valence-corrected chi connectivity index (χ0v) is 12.0. The first-order valence-corrected chi connectivity index (χ1v) is 7.87. The maximum atomic E-state index is 5.91. The summed E-state index contributed by atoms with van der Waals surface area (Å²) in [4.78, 5) is 6.61. The predicted molar refractivity (Wildman–Crippen MR) is 78.9 cm³/mol. The zero-order valence-electron chi connectivity index (χ0n) is 11.1. The van der Waals surface area contributed by atoms with Crippen LogP contribution < -0.4 is 5.73 Å². The summed E-state index contributed by atoms with van der Waals surface area (Å²) in [6, 6.07) is 4.21. The molecule has 1 aromatic heterocycles. The first-order chi connectivity index (χ1) is 8.78. The van der Waals surface area contributed by atoms with Gasteiger partial charge in [-0.3, -0.25) is 4.98 Å². The molecule has 0 atom stereocenters. The molecule has 4 heteroatoms. The van der Waals surface area contributed by atoms with E-state index in [2.05, 4.69) is 28.3 Å². The maximum absolute atomic E-state index is 5.91. The molecular formula is C14H23N3S. The third-order valence-electron chi connectivity index (χ3n) is 4.04. The fourth-order valence-electron chi connectivity index (χ4n) is 2.51. The van der Waals surface area contributed by atoms with E-state index in [0.717, 1.165) is 19.5 Å². The summed E-state index contributed by atoms with van der Waals surface area (Å²) in [5.74, 6) is 0. The van der Waals surface area contributed by atoms with Gasteiger partial charge in [-0.2, -0.15) is 11.8 Å². The molecule has 2 N–H and O–H groups in total. The van der Waals surface area contributed by atoms with Crippen LogP contribution in [0, 0.1) is 0 Å². The summed E-state index contributed by atoms with van der Waals surface area (Å²) < 4.78 is 0.340. The van der Waals surface area contributed by atoms with Crippen molar-refractivity contribution in [3.05, 3.63) is 30.1 Å². The minimum absolute atomic E-state index is 0.340. The molecule has 0 aromatic carbocycles. The van der Waals surface area contributed by atoms with Gasteiger partial charge in [-0.25, -0.2) is 0 Å². The standard InChI is InChI=1S/C14H23N3S/c1-18-14(12-15)5-10-17(11-6-14)9-4-13-2-7-16-8-3-13/h2-3,7-8H,4-6,9-12,15H2,1H3. The van der Waals surface area contributed by atoms with Crippen LogP contribution in [0.15, 0.2) is 24.5 Å². The van der Waals surface area contributed by atoms with Crippen LogP contribution in [0.4, 0.5) is 0 Å². The van der Waals surface area contributed by atoms with Crippen molar-refractivity contribution in [1.29, 1.82) is 0 Å². The Hall–Kier alpha value is -0.580. The van der Waals surface area contributed by atoms with Gasteiger partial charge in [0, 0.05) is 30.2 Å². The van der Waals surface area contributed by atoms with Gasteiger partial charge >= 0.3 is 0 Å². The number of aromatic nitrogens is 1. The monoisotopic (exact) mass is 265 g/mol. The van der Waals surface area contributed by atoms with E-state index in [1.807, 2.05) is 24.2 Å². The highest BCUT2D eigenvalue weighted by Gasteiger charge is 2.32. The molecule has 1 aliphatic heterocycles. The molecule has 0 radical (unpaired) electrons. The fraction of sp³-hybridized carbons (Fsp3) is 0.643. The highest BCUT2D eigenvalue weighted by atomic mass is 32.2. The Morgan fingerprint density at radius 2 is 2.00 bits per heavy atom. The molecule has 3 nitrogen and oxygen atoms in total. The van der Waals surface area contributed by atoms with Crippen LogP contribution in [-0.4, -0.2) is 47.1 Å². The van der Waals surface area contributed by atoms with Gasteiger partial charge in [-0.15, -0.1) is 0 Å². The van der Waals surface area contributed by atoms with Crippen LogP contribution >= 0.6 is 11.8 Å². The number of thioether (sulfide) groups is 1. The molecule has 0 spiro atoms. The SMILES string of the molecule is CSC1(CN)CCN(CCc2ccncc2)CC1. The van der Waals surface area contributed by atoms with Crippen LogP contribution in [-0.2, 0) is 6.42 Å². The first kappa shape index (κ1) is 13.8. The van der Waals surface area contributed by atoms with Crippen molar-refractivity contribution < 1.29 is 0 Å². The lowest BCUT2D eigenvalue weighted by Crippen LogP contribution is -2.46. The summed E-state index contributed by atoms with van der Waals surface area (Å²) in [6.45, 7) is 4.33. The molecule has 18 heavy (non-hydrogen) atoms. The Bertz CT molecular complexity index is 341. The van der Waals surface area contributed by atoms with Crippen LogP contribution in [0.2, 0.25) is 0 Å².